The number of rotatable bonds is 7. The van der Waals surface area contributed by atoms with Gasteiger partial charge in [-0.25, -0.2) is 4.39 Å². The Bertz CT molecular complexity index is 1050. The van der Waals surface area contributed by atoms with E-state index >= 15 is 0 Å². The second-order valence-corrected chi connectivity index (χ2v) is 8.15. The Morgan fingerprint density at radius 2 is 2.03 bits per heavy atom. The predicted octanol–water partition coefficient (Wildman–Crippen LogP) is 4.29. The quantitative estimate of drug-likeness (QED) is 0.613. The number of hydrogen-bond acceptors (Lipinski definition) is 3. The summed E-state index contributed by atoms with van der Waals surface area (Å²) in [6.45, 7) is 1.70. The molecule has 0 bridgehead atoms. The molecule has 4 rings (SSSR count). The number of aryl methyl sites for hydroxylation is 1. The maximum atomic E-state index is 14.4. The minimum Gasteiger partial charge on any atom is -0.356 e. The van der Waals surface area contributed by atoms with E-state index in [0.717, 1.165) is 19.3 Å². The molecule has 6 heteroatoms. The molecule has 1 saturated carbocycles. The highest BCUT2D eigenvalue weighted by Gasteiger charge is 2.31. The zero-order chi connectivity index (χ0) is 21.1. The summed E-state index contributed by atoms with van der Waals surface area (Å²) in [5, 5.41) is 3.30. The van der Waals surface area contributed by atoms with Crippen LogP contribution in [-0.4, -0.2) is 27.7 Å². The zero-order valence-electron chi connectivity index (χ0n) is 17.0. The molecule has 0 radical (unpaired) electrons. The summed E-state index contributed by atoms with van der Waals surface area (Å²) in [6, 6.07) is 11.4. The smallest absolute Gasteiger partial charge is 0.223 e. The summed E-state index contributed by atoms with van der Waals surface area (Å²) in [4.78, 5) is 32.1. The van der Waals surface area contributed by atoms with Gasteiger partial charge >= 0.3 is 0 Å². The SMILES string of the molecule is C[C@H](NC(=O)[C@@H]1CC[C@@H](c2ccccc2)C1)C(=O)CCc1[nH]c2ccncc2c1F. The van der Waals surface area contributed by atoms with Crippen molar-refractivity contribution < 1.29 is 14.0 Å². The largest absolute Gasteiger partial charge is 0.356 e. The topological polar surface area (TPSA) is 74.8 Å². The van der Waals surface area contributed by atoms with Gasteiger partial charge in [0.2, 0.25) is 5.91 Å². The maximum Gasteiger partial charge on any atom is 0.223 e. The van der Waals surface area contributed by atoms with Crippen LogP contribution in [0.25, 0.3) is 10.9 Å². The minimum absolute atomic E-state index is 0.0582. The number of H-pyrrole nitrogens is 1. The van der Waals surface area contributed by atoms with Crippen molar-refractivity contribution in [3.8, 4) is 0 Å². The fourth-order valence-electron chi connectivity index (χ4n) is 4.35. The van der Waals surface area contributed by atoms with Gasteiger partial charge in [0, 0.05) is 24.7 Å². The Hall–Kier alpha value is -3.02. The molecule has 2 aromatic heterocycles. The van der Waals surface area contributed by atoms with Gasteiger partial charge < -0.3 is 10.3 Å². The number of aromatic nitrogens is 2. The third-order valence-corrected chi connectivity index (χ3v) is 6.15. The number of nitrogens with one attached hydrogen (secondary N) is 2. The standard InChI is InChI=1S/C24H26FN3O2/c1-15(22(29)10-9-21-23(25)19-14-26-12-11-20(19)28-21)27-24(30)18-8-7-17(13-18)16-5-3-2-4-6-16/h2-6,11-12,14-15,17-18,28H,7-10,13H2,1H3,(H,27,30)/t15-,17+,18+/m0/s1. The van der Waals surface area contributed by atoms with E-state index in [2.05, 4.69) is 27.4 Å². The Morgan fingerprint density at radius 1 is 1.23 bits per heavy atom. The summed E-state index contributed by atoms with van der Waals surface area (Å²) in [6.07, 6.45) is 6.12. The molecule has 1 aliphatic rings. The first-order valence-electron chi connectivity index (χ1n) is 10.5. The van der Waals surface area contributed by atoms with Crippen LogP contribution >= 0.6 is 0 Å². The number of aromatic amines is 1. The first-order chi connectivity index (χ1) is 14.5. The van der Waals surface area contributed by atoms with Gasteiger partial charge in [0.05, 0.1) is 22.6 Å². The number of pyridine rings is 1. The molecule has 30 heavy (non-hydrogen) atoms. The van der Waals surface area contributed by atoms with Crippen LogP contribution in [0.5, 0.6) is 0 Å². The van der Waals surface area contributed by atoms with Gasteiger partial charge in [-0.15, -0.1) is 0 Å². The van der Waals surface area contributed by atoms with E-state index in [1.165, 1.54) is 11.8 Å². The normalized spacial score (nSPS) is 19.7. The molecule has 2 heterocycles. The molecule has 1 aromatic carbocycles. The summed E-state index contributed by atoms with van der Waals surface area (Å²) in [7, 11) is 0. The first kappa shape index (κ1) is 20.3. The van der Waals surface area contributed by atoms with Crippen LogP contribution in [0.4, 0.5) is 4.39 Å². The van der Waals surface area contributed by atoms with Crippen molar-refractivity contribution in [3.63, 3.8) is 0 Å². The molecule has 1 amide bonds. The van der Waals surface area contributed by atoms with Gasteiger partial charge in [0.15, 0.2) is 11.6 Å². The number of Topliss-reactive ketones (excluding diaryl/α,β-unsaturated/α-hetero) is 1. The highest BCUT2D eigenvalue weighted by Crippen LogP contribution is 2.38. The van der Waals surface area contributed by atoms with E-state index in [1.807, 2.05) is 18.2 Å². The number of ketones is 1. The molecule has 1 fully saturated rings. The fraction of sp³-hybridized carbons (Fsp3) is 0.375. The summed E-state index contributed by atoms with van der Waals surface area (Å²) in [5.41, 5.74) is 2.33. The number of carbonyl (C=O) groups excluding carboxylic acids is 2. The molecule has 3 aromatic rings. The predicted molar refractivity (Wildman–Crippen MR) is 114 cm³/mol. The average Bonchev–Trinajstić information content (AvgIpc) is 3.38. The molecule has 2 N–H and O–H groups in total. The van der Waals surface area contributed by atoms with E-state index in [1.54, 1.807) is 19.2 Å². The summed E-state index contributed by atoms with van der Waals surface area (Å²) < 4.78 is 14.4. The van der Waals surface area contributed by atoms with Crippen LogP contribution < -0.4 is 5.32 Å². The number of carbonyl (C=O) groups is 2. The van der Waals surface area contributed by atoms with E-state index in [-0.39, 0.29) is 36.3 Å². The van der Waals surface area contributed by atoms with Gasteiger partial charge in [-0.3, -0.25) is 14.6 Å². The van der Waals surface area contributed by atoms with E-state index < -0.39 is 6.04 Å². The van der Waals surface area contributed by atoms with Gasteiger partial charge in [0.25, 0.3) is 0 Å². The van der Waals surface area contributed by atoms with Gasteiger partial charge in [-0.2, -0.15) is 0 Å². The maximum absolute atomic E-state index is 14.4. The van der Waals surface area contributed by atoms with Crippen molar-refractivity contribution in [3.05, 3.63) is 65.9 Å². The van der Waals surface area contributed by atoms with Gasteiger partial charge in [-0.05, 0) is 50.2 Å². The molecule has 5 nitrogen and oxygen atoms in total. The second-order valence-electron chi connectivity index (χ2n) is 8.15. The third kappa shape index (κ3) is 4.27. The van der Waals surface area contributed by atoms with Crippen molar-refractivity contribution in [2.24, 2.45) is 5.92 Å². The number of hydrogen-bond donors (Lipinski definition) is 2. The number of halogens is 1. The van der Waals surface area contributed by atoms with E-state index in [9.17, 15) is 14.0 Å². The lowest BCUT2D eigenvalue weighted by atomic mass is 9.96. The summed E-state index contributed by atoms with van der Waals surface area (Å²) in [5.74, 6) is -0.189. The van der Waals surface area contributed by atoms with Crippen LogP contribution in [0.1, 0.15) is 49.8 Å². The minimum atomic E-state index is -0.581. The molecule has 0 spiro atoms. The molecular weight excluding hydrogens is 381 g/mol. The van der Waals surface area contributed by atoms with Crippen molar-refractivity contribution in [2.75, 3.05) is 0 Å². The van der Waals surface area contributed by atoms with Crippen LogP contribution in [0.2, 0.25) is 0 Å². The summed E-state index contributed by atoms with van der Waals surface area (Å²) >= 11 is 0. The van der Waals surface area contributed by atoms with Crippen LogP contribution in [-0.2, 0) is 16.0 Å². The second kappa shape index (κ2) is 8.78. The van der Waals surface area contributed by atoms with Gasteiger partial charge in [0.1, 0.15) is 0 Å². The molecule has 1 aliphatic carbocycles. The van der Waals surface area contributed by atoms with Gasteiger partial charge in [-0.1, -0.05) is 30.3 Å². The monoisotopic (exact) mass is 407 g/mol. The molecule has 0 saturated heterocycles. The first-order valence-corrected chi connectivity index (χ1v) is 10.5. The molecule has 156 valence electrons. The number of fused-ring (bicyclic) bond motifs is 1. The Kier molecular flexibility index (Phi) is 5.93. The highest BCUT2D eigenvalue weighted by molar-refractivity contribution is 5.90. The average molecular weight is 407 g/mol. The molecule has 0 aliphatic heterocycles. The van der Waals surface area contributed by atoms with Crippen LogP contribution in [0.3, 0.4) is 0 Å². The van der Waals surface area contributed by atoms with Crippen molar-refractivity contribution in [1.29, 1.82) is 0 Å². The van der Waals surface area contributed by atoms with Crippen molar-refractivity contribution >= 4 is 22.6 Å². The molecule has 3 atom stereocenters. The van der Waals surface area contributed by atoms with Crippen molar-refractivity contribution in [1.82, 2.24) is 15.3 Å². The van der Waals surface area contributed by atoms with Crippen LogP contribution in [0.15, 0.2) is 48.8 Å². The Morgan fingerprint density at radius 3 is 2.80 bits per heavy atom. The Labute approximate surface area is 175 Å². The van der Waals surface area contributed by atoms with E-state index in [4.69, 9.17) is 0 Å². The lowest BCUT2D eigenvalue weighted by Gasteiger charge is -2.16. The highest BCUT2D eigenvalue weighted by atomic mass is 19.1. The Balaban J connectivity index is 1.29. The lowest BCUT2D eigenvalue weighted by molar-refractivity contribution is -0.129. The lowest BCUT2D eigenvalue weighted by Crippen LogP contribution is -2.41. The van der Waals surface area contributed by atoms with Crippen LogP contribution in [0, 0.1) is 11.7 Å². The fourth-order valence-corrected chi connectivity index (χ4v) is 4.35. The third-order valence-electron chi connectivity index (χ3n) is 6.15. The number of amides is 1. The van der Waals surface area contributed by atoms with E-state index in [0.29, 0.717) is 22.5 Å². The zero-order valence-corrected chi connectivity index (χ0v) is 17.0. The molecule has 0 unspecified atom stereocenters. The number of nitrogens with zero attached hydrogens (tertiary/aromatic N) is 1. The van der Waals surface area contributed by atoms with Crippen molar-refractivity contribution in [2.45, 2.75) is 51.0 Å². The number of benzene rings is 1. The molecular formula is C24H26FN3O2.